The molecule has 1 amide bonds. The third kappa shape index (κ3) is 3.25. The molecule has 1 aliphatic heterocycles. The standard InChI is InChI=1S/C23H20ClN5O2S/c1-11-10-25-19-18-12-6-9-17(27-15(12)7-8-16(18)32-20(19)21(30)26-11)31-22-13-4-2-3-5-14(13)28-23(24)29-22/h6-9,11,25H,2-5,10H2,1H3,(H,26,30)/t11-/m1/s1. The molecule has 0 unspecified atom stereocenters. The Bertz CT molecular complexity index is 1400. The van der Waals surface area contributed by atoms with E-state index in [1.807, 2.05) is 31.2 Å². The maximum Gasteiger partial charge on any atom is 0.263 e. The van der Waals surface area contributed by atoms with E-state index in [0.29, 0.717) is 23.2 Å². The van der Waals surface area contributed by atoms with Crippen LogP contribution in [0.25, 0.3) is 21.0 Å². The number of pyridine rings is 1. The summed E-state index contributed by atoms with van der Waals surface area (Å²) in [5, 5.41) is 8.67. The highest BCUT2D eigenvalue weighted by Gasteiger charge is 2.25. The third-order valence-electron chi connectivity index (χ3n) is 5.98. The molecule has 1 atom stereocenters. The van der Waals surface area contributed by atoms with Crippen molar-refractivity contribution >= 4 is 55.5 Å². The van der Waals surface area contributed by atoms with Crippen LogP contribution in [0.2, 0.25) is 5.28 Å². The minimum atomic E-state index is -0.0369. The lowest BCUT2D eigenvalue weighted by molar-refractivity contribution is 0.0949. The molecule has 0 spiro atoms. The van der Waals surface area contributed by atoms with Gasteiger partial charge < -0.3 is 15.4 Å². The molecule has 162 valence electrons. The van der Waals surface area contributed by atoms with Gasteiger partial charge in [-0.15, -0.1) is 11.3 Å². The first-order valence-electron chi connectivity index (χ1n) is 10.7. The van der Waals surface area contributed by atoms with E-state index in [2.05, 4.69) is 20.6 Å². The maximum absolute atomic E-state index is 12.6. The first-order valence-corrected chi connectivity index (χ1v) is 11.9. The number of nitrogens with one attached hydrogen (secondary N) is 2. The van der Waals surface area contributed by atoms with Gasteiger partial charge in [0.05, 0.1) is 16.9 Å². The van der Waals surface area contributed by atoms with Crippen molar-refractivity contribution in [3.05, 3.63) is 45.7 Å². The molecule has 4 aromatic rings. The molecule has 1 aliphatic carbocycles. The van der Waals surface area contributed by atoms with Gasteiger partial charge in [-0.05, 0) is 62.4 Å². The first kappa shape index (κ1) is 19.7. The number of fused-ring (bicyclic) bond motifs is 6. The second kappa shape index (κ2) is 7.56. The van der Waals surface area contributed by atoms with Crippen LogP contribution in [-0.2, 0) is 12.8 Å². The Balaban J connectivity index is 1.44. The summed E-state index contributed by atoms with van der Waals surface area (Å²) in [6.45, 7) is 2.67. The molecule has 0 saturated heterocycles. The number of aromatic nitrogens is 3. The lowest BCUT2D eigenvalue weighted by Crippen LogP contribution is -2.34. The number of anilines is 1. The molecule has 0 bridgehead atoms. The van der Waals surface area contributed by atoms with Crippen molar-refractivity contribution in [1.82, 2.24) is 20.3 Å². The highest BCUT2D eigenvalue weighted by Crippen LogP contribution is 2.41. The van der Waals surface area contributed by atoms with E-state index in [9.17, 15) is 4.79 Å². The van der Waals surface area contributed by atoms with Crippen molar-refractivity contribution in [2.75, 3.05) is 11.9 Å². The van der Waals surface area contributed by atoms with Gasteiger partial charge >= 0.3 is 0 Å². The smallest absolute Gasteiger partial charge is 0.263 e. The predicted octanol–water partition coefficient (Wildman–Crippen LogP) is 5.11. The van der Waals surface area contributed by atoms with Crippen molar-refractivity contribution in [3.63, 3.8) is 0 Å². The second-order valence-electron chi connectivity index (χ2n) is 8.25. The number of carbonyl (C=O) groups excluding carboxylic acids is 1. The Labute approximate surface area is 193 Å². The van der Waals surface area contributed by atoms with Crippen molar-refractivity contribution in [2.45, 2.75) is 38.6 Å². The average molecular weight is 466 g/mol. The van der Waals surface area contributed by atoms with E-state index >= 15 is 0 Å². The summed E-state index contributed by atoms with van der Waals surface area (Å²) in [6, 6.07) is 7.88. The lowest BCUT2D eigenvalue weighted by atomic mass is 9.97. The number of ether oxygens (including phenoxy) is 1. The summed E-state index contributed by atoms with van der Waals surface area (Å²) >= 11 is 7.63. The molecule has 32 heavy (non-hydrogen) atoms. The Morgan fingerprint density at radius 2 is 2.00 bits per heavy atom. The van der Waals surface area contributed by atoms with E-state index in [1.54, 1.807) is 0 Å². The fourth-order valence-corrected chi connectivity index (χ4v) is 5.75. The number of aryl methyl sites for hydroxylation is 1. The highest BCUT2D eigenvalue weighted by atomic mass is 35.5. The van der Waals surface area contributed by atoms with Crippen molar-refractivity contribution in [3.8, 4) is 11.8 Å². The number of nitrogens with zero attached hydrogens (tertiary/aromatic N) is 3. The normalized spacial score (nSPS) is 17.9. The summed E-state index contributed by atoms with van der Waals surface area (Å²) in [5.74, 6) is 0.912. The van der Waals surface area contributed by atoms with Gasteiger partial charge in [-0.2, -0.15) is 4.98 Å². The zero-order valence-electron chi connectivity index (χ0n) is 17.4. The molecule has 2 aliphatic rings. The van der Waals surface area contributed by atoms with Gasteiger partial charge in [0.1, 0.15) is 4.88 Å². The Hall–Kier alpha value is -2.97. The van der Waals surface area contributed by atoms with Crippen LogP contribution < -0.4 is 15.4 Å². The number of benzene rings is 1. The Kier molecular flexibility index (Phi) is 4.66. The maximum atomic E-state index is 12.6. The molecular formula is C23H20ClN5O2S. The van der Waals surface area contributed by atoms with Crippen LogP contribution in [0.1, 0.15) is 40.7 Å². The van der Waals surface area contributed by atoms with Gasteiger partial charge in [0, 0.05) is 39.7 Å². The van der Waals surface area contributed by atoms with Gasteiger partial charge in [-0.1, -0.05) is 0 Å². The number of hydrogen-bond acceptors (Lipinski definition) is 7. The molecular weight excluding hydrogens is 446 g/mol. The summed E-state index contributed by atoms with van der Waals surface area (Å²) in [7, 11) is 0. The summed E-state index contributed by atoms with van der Waals surface area (Å²) in [6.07, 6.45) is 3.95. The molecule has 1 aromatic carbocycles. The number of halogens is 1. The third-order valence-corrected chi connectivity index (χ3v) is 7.31. The fraction of sp³-hybridized carbons (Fsp3) is 0.304. The topological polar surface area (TPSA) is 89.0 Å². The van der Waals surface area contributed by atoms with Crippen LogP contribution in [0.4, 0.5) is 5.69 Å². The number of carbonyl (C=O) groups is 1. The monoisotopic (exact) mass is 465 g/mol. The first-order chi connectivity index (χ1) is 15.6. The van der Waals surface area contributed by atoms with E-state index in [4.69, 9.17) is 21.3 Å². The minimum Gasteiger partial charge on any atom is -0.420 e. The zero-order valence-corrected chi connectivity index (χ0v) is 18.9. The van der Waals surface area contributed by atoms with E-state index in [1.165, 1.54) is 11.3 Å². The largest absolute Gasteiger partial charge is 0.420 e. The molecule has 0 saturated carbocycles. The molecule has 4 heterocycles. The van der Waals surface area contributed by atoms with Crippen molar-refractivity contribution in [2.24, 2.45) is 0 Å². The molecule has 2 N–H and O–H groups in total. The molecule has 3 aromatic heterocycles. The number of amides is 1. The SMILES string of the molecule is C[C@@H]1CNc2c(sc3ccc4nc(Oc5nc(Cl)nc6c5CCCC6)ccc4c23)C(=O)N1. The number of hydrogen-bond donors (Lipinski definition) is 2. The number of thiophene rings is 1. The van der Waals surface area contributed by atoms with E-state index in [0.717, 1.165) is 63.6 Å². The molecule has 7 nitrogen and oxygen atoms in total. The van der Waals surface area contributed by atoms with Crippen LogP contribution in [0, 0.1) is 0 Å². The zero-order chi connectivity index (χ0) is 21.8. The molecule has 6 rings (SSSR count). The van der Waals surface area contributed by atoms with Crippen molar-refractivity contribution < 1.29 is 9.53 Å². The second-order valence-corrected chi connectivity index (χ2v) is 9.64. The van der Waals surface area contributed by atoms with Crippen LogP contribution in [0.5, 0.6) is 11.8 Å². The summed E-state index contributed by atoms with van der Waals surface area (Å²) < 4.78 is 7.15. The molecule has 9 heteroatoms. The summed E-state index contributed by atoms with van der Waals surface area (Å²) in [4.78, 5) is 26.8. The molecule has 0 fully saturated rings. The van der Waals surface area contributed by atoms with Gasteiger partial charge in [0.2, 0.25) is 17.0 Å². The minimum absolute atomic E-state index is 0.0369. The van der Waals surface area contributed by atoms with Gasteiger partial charge in [0.15, 0.2) is 0 Å². The average Bonchev–Trinajstić information content (AvgIpc) is 3.10. The highest BCUT2D eigenvalue weighted by molar-refractivity contribution is 7.21. The van der Waals surface area contributed by atoms with Crippen LogP contribution >= 0.6 is 22.9 Å². The Morgan fingerprint density at radius 1 is 1.12 bits per heavy atom. The van der Waals surface area contributed by atoms with E-state index in [-0.39, 0.29) is 17.2 Å². The van der Waals surface area contributed by atoms with Crippen LogP contribution in [-0.4, -0.2) is 33.4 Å². The van der Waals surface area contributed by atoms with E-state index < -0.39 is 0 Å². The van der Waals surface area contributed by atoms with Crippen LogP contribution in [0.15, 0.2) is 24.3 Å². The molecule has 0 radical (unpaired) electrons. The quantitative estimate of drug-likeness (QED) is 0.400. The van der Waals surface area contributed by atoms with Gasteiger partial charge in [0.25, 0.3) is 5.91 Å². The number of rotatable bonds is 2. The predicted molar refractivity (Wildman–Crippen MR) is 126 cm³/mol. The fourth-order valence-electron chi connectivity index (χ4n) is 4.48. The van der Waals surface area contributed by atoms with Crippen LogP contribution in [0.3, 0.4) is 0 Å². The van der Waals surface area contributed by atoms with Gasteiger partial charge in [-0.25, -0.2) is 9.97 Å². The summed E-state index contributed by atoms with van der Waals surface area (Å²) in [5.41, 5.74) is 3.66. The Morgan fingerprint density at radius 3 is 2.91 bits per heavy atom. The van der Waals surface area contributed by atoms with Crippen molar-refractivity contribution in [1.29, 1.82) is 0 Å². The lowest BCUT2D eigenvalue weighted by Gasteiger charge is -2.17. The van der Waals surface area contributed by atoms with Gasteiger partial charge in [-0.3, -0.25) is 4.79 Å².